The molecule has 0 radical (unpaired) electrons. The standard InChI is InChI=1S/C18H22N6OS/c1-11(14-7-9-19-10-8-14)20-16(25)6-5-15-12(2)21-17-22-18(26-4)23-24(17)13(15)3/h7-11H,5-6H2,1-4H3,(H,20,25). The third-order valence-corrected chi connectivity index (χ3v) is 4.94. The van der Waals surface area contributed by atoms with E-state index in [2.05, 4.69) is 25.4 Å². The van der Waals surface area contributed by atoms with Crippen LogP contribution in [0.1, 0.15) is 41.9 Å². The van der Waals surface area contributed by atoms with Crippen molar-refractivity contribution in [3.8, 4) is 0 Å². The summed E-state index contributed by atoms with van der Waals surface area (Å²) in [6, 6.07) is 3.77. The summed E-state index contributed by atoms with van der Waals surface area (Å²) in [5.74, 6) is 0.612. The van der Waals surface area contributed by atoms with Crippen LogP contribution in [0.5, 0.6) is 0 Å². The van der Waals surface area contributed by atoms with Crippen LogP contribution in [0, 0.1) is 13.8 Å². The molecule has 0 fully saturated rings. The smallest absolute Gasteiger partial charge is 0.253 e. The Labute approximate surface area is 156 Å². The second-order valence-electron chi connectivity index (χ2n) is 6.14. The Hall–Kier alpha value is -2.48. The van der Waals surface area contributed by atoms with Crippen LogP contribution in [0.2, 0.25) is 0 Å². The lowest BCUT2D eigenvalue weighted by atomic mass is 10.1. The zero-order valence-corrected chi connectivity index (χ0v) is 16.2. The summed E-state index contributed by atoms with van der Waals surface area (Å²) in [6.45, 7) is 5.91. The Morgan fingerprint density at radius 2 is 2.00 bits per heavy atom. The number of hydrogen-bond donors (Lipinski definition) is 1. The maximum Gasteiger partial charge on any atom is 0.253 e. The first kappa shape index (κ1) is 18.3. The van der Waals surface area contributed by atoms with E-state index in [1.54, 1.807) is 16.9 Å². The summed E-state index contributed by atoms with van der Waals surface area (Å²) in [6.07, 6.45) is 6.41. The number of rotatable bonds is 6. The first-order chi connectivity index (χ1) is 12.5. The molecule has 0 saturated heterocycles. The molecule has 0 aromatic carbocycles. The van der Waals surface area contributed by atoms with Crippen LogP contribution in [-0.4, -0.2) is 36.7 Å². The molecule has 3 aromatic heterocycles. The Bertz CT molecular complexity index is 924. The Morgan fingerprint density at radius 3 is 2.69 bits per heavy atom. The van der Waals surface area contributed by atoms with Gasteiger partial charge in [0.1, 0.15) is 0 Å². The summed E-state index contributed by atoms with van der Waals surface area (Å²) in [5, 5.41) is 8.17. The maximum absolute atomic E-state index is 12.4. The number of carbonyl (C=O) groups excluding carboxylic acids is 1. The highest BCUT2D eigenvalue weighted by molar-refractivity contribution is 7.98. The molecule has 1 N–H and O–H groups in total. The monoisotopic (exact) mass is 370 g/mol. The highest BCUT2D eigenvalue weighted by Gasteiger charge is 2.15. The number of aromatic nitrogens is 5. The van der Waals surface area contributed by atoms with Crippen LogP contribution >= 0.6 is 11.8 Å². The molecule has 3 heterocycles. The minimum Gasteiger partial charge on any atom is -0.350 e. The summed E-state index contributed by atoms with van der Waals surface area (Å²) >= 11 is 1.49. The summed E-state index contributed by atoms with van der Waals surface area (Å²) in [5.41, 5.74) is 3.96. The summed E-state index contributed by atoms with van der Waals surface area (Å²) < 4.78 is 1.76. The van der Waals surface area contributed by atoms with Crippen LogP contribution in [0.3, 0.4) is 0 Å². The molecule has 0 aliphatic heterocycles. The van der Waals surface area contributed by atoms with Crippen LogP contribution in [0.4, 0.5) is 0 Å². The molecule has 0 bridgehead atoms. The van der Waals surface area contributed by atoms with E-state index in [0.717, 1.165) is 22.5 Å². The number of carbonyl (C=O) groups is 1. The summed E-state index contributed by atoms with van der Waals surface area (Å²) in [7, 11) is 0. The van der Waals surface area contributed by atoms with Gasteiger partial charge in [-0.25, -0.2) is 9.50 Å². The zero-order valence-electron chi connectivity index (χ0n) is 15.4. The average molecular weight is 370 g/mol. The lowest BCUT2D eigenvalue weighted by Crippen LogP contribution is -2.27. The Morgan fingerprint density at radius 1 is 1.27 bits per heavy atom. The quantitative estimate of drug-likeness (QED) is 0.672. The molecular weight excluding hydrogens is 348 g/mol. The van der Waals surface area contributed by atoms with Crippen LogP contribution < -0.4 is 5.32 Å². The van der Waals surface area contributed by atoms with Gasteiger partial charge in [0.15, 0.2) is 0 Å². The first-order valence-corrected chi connectivity index (χ1v) is 9.68. The molecule has 0 aliphatic carbocycles. The van der Waals surface area contributed by atoms with E-state index in [-0.39, 0.29) is 11.9 Å². The number of amides is 1. The Balaban J connectivity index is 1.70. The molecule has 26 heavy (non-hydrogen) atoms. The second kappa shape index (κ2) is 7.82. The highest BCUT2D eigenvalue weighted by atomic mass is 32.2. The van der Waals surface area contributed by atoms with Crippen LogP contribution in [0.25, 0.3) is 5.78 Å². The largest absolute Gasteiger partial charge is 0.350 e. The Kier molecular flexibility index (Phi) is 5.51. The first-order valence-electron chi connectivity index (χ1n) is 8.45. The second-order valence-corrected chi connectivity index (χ2v) is 6.91. The van der Waals surface area contributed by atoms with E-state index in [1.807, 2.05) is 39.2 Å². The fourth-order valence-electron chi connectivity index (χ4n) is 2.93. The SMILES string of the molecule is CSc1nc2nc(C)c(CCC(=O)NC(C)c3ccncc3)c(C)n2n1. The van der Waals surface area contributed by atoms with Gasteiger partial charge < -0.3 is 5.32 Å². The van der Waals surface area contributed by atoms with Gasteiger partial charge in [-0.05, 0) is 56.7 Å². The molecule has 3 aromatic rings. The minimum atomic E-state index is -0.0484. The van der Waals surface area contributed by atoms with Crippen molar-refractivity contribution < 1.29 is 4.79 Å². The number of pyridine rings is 1. The number of fused-ring (bicyclic) bond motifs is 1. The molecule has 0 aliphatic rings. The number of aryl methyl sites for hydroxylation is 2. The van der Waals surface area contributed by atoms with E-state index in [4.69, 9.17) is 0 Å². The van der Waals surface area contributed by atoms with E-state index >= 15 is 0 Å². The predicted molar refractivity (Wildman–Crippen MR) is 101 cm³/mol. The van der Waals surface area contributed by atoms with Crippen molar-refractivity contribution in [1.82, 2.24) is 29.9 Å². The number of nitrogens with one attached hydrogen (secondary N) is 1. The molecule has 136 valence electrons. The van der Waals surface area contributed by atoms with Gasteiger partial charge in [-0.15, -0.1) is 5.10 Å². The minimum absolute atomic E-state index is 0.0107. The molecule has 1 unspecified atom stereocenters. The molecule has 0 saturated carbocycles. The van der Waals surface area contributed by atoms with E-state index in [1.165, 1.54) is 11.8 Å². The summed E-state index contributed by atoms with van der Waals surface area (Å²) in [4.78, 5) is 25.3. The fourth-order valence-corrected chi connectivity index (χ4v) is 3.26. The lowest BCUT2D eigenvalue weighted by Gasteiger charge is -2.15. The van der Waals surface area contributed by atoms with Gasteiger partial charge in [0.25, 0.3) is 5.78 Å². The van der Waals surface area contributed by atoms with Gasteiger partial charge in [-0.1, -0.05) is 11.8 Å². The normalized spacial score (nSPS) is 12.3. The fraction of sp³-hybridized carbons (Fsp3) is 0.389. The number of nitrogens with zero attached hydrogens (tertiary/aromatic N) is 5. The lowest BCUT2D eigenvalue weighted by molar-refractivity contribution is -0.121. The maximum atomic E-state index is 12.4. The third kappa shape index (κ3) is 3.85. The van der Waals surface area contributed by atoms with E-state index in [9.17, 15) is 4.79 Å². The van der Waals surface area contributed by atoms with Gasteiger partial charge in [0.05, 0.1) is 6.04 Å². The third-order valence-electron chi connectivity index (χ3n) is 4.40. The molecular formula is C18H22N6OS. The van der Waals surface area contributed by atoms with Crippen molar-refractivity contribution in [3.63, 3.8) is 0 Å². The molecule has 1 atom stereocenters. The van der Waals surface area contributed by atoms with Crippen LogP contribution in [-0.2, 0) is 11.2 Å². The van der Waals surface area contributed by atoms with E-state index in [0.29, 0.717) is 23.8 Å². The number of thioether (sulfide) groups is 1. The molecule has 0 spiro atoms. The van der Waals surface area contributed by atoms with Crippen molar-refractivity contribution in [3.05, 3.63) is 47.0 Å². The van der Waals surface area contributed by atoms with Crippen molar-refractivity contribution >= 4 is 23.4 Å². The van der Waals surface area contributed by atoms with Crippen molar-refractivity contribution in [2.75, 3.05) is 6.26 Å². The highest BCUT2D eigenvalue weighted by Crippen LogP contribution is 2.18. The van der Waals surface area contributed by atoms with Crippen molar-refractivity contribution in [1.29, 1.82) is 0 Å². The van der Waals surface area contributed by atoms with Crippen molar-refractivity contribution in [2.45, 2.75) is 44.8 Å². The van der Waals surface area contributed by atoms with Gasteiger partial charge in [0, 0.05) is 30.2 Å². The van der Waals surface area contributed by atoms with E-state index < -0.39 is 0 Å². The van der Waals surface area contributed by atoms with Gasteiger partial charge in [0.2, 0.25) is 11.1 Å². The number of hydrogen-bond acceptors (Lipinski definition) is 6. The average Bonchev–Trinajstić information content (AvgIpc) is 3.05. The topological polar surface area (TPSA) is 85.1 Å². The zero-order chi connectivity index (χ0) is 18.7. The van der Waals surface area contributed by atoms with Crippen molar-refractivity contribution in [2.24, 2.45) is 0 Å². The molecule has 8 heteroatoms. The van der Waals surface area contributed by atoms with Gasteiger partial charge in [-0.3, -0.25) is 9.78 Å². The predicted octanol–water partition coefficient (Wildman–Crippen LogP) is 2.67. The molecule has 1 amide bonds. The van der Waals surface area contributed by atoms with Gasteiger partial charge in [-0.2, -0.15) is 4.98 Å². The van der Waals surface area contributed by atoms with Gasteiger partial charge >= 0.3 is 0 Å². The molecule has 7 nitrogen and oxygen atoms in total. The van der Waals surface area contributed by atoms with Crippen LogP contribution in [0.15, 0.2) is 29.7 Å². The molecule has 3 rings (SSSR count).